The summed E-state index contributed by atoms with van der Waals surface area (Å²) in [6, 6.07) is 9.49. The first-order valence-electron chi connectivity index (χ1n) is 7.02. The Kier molecular flexibility index (Phi) is 4.97. The van der Waals surface area contributed by atoms with E-state index in [1.165, 1.54) is 0 Å². The predicted octanol–water partition coefficient (Wildman–Crippen LogP) is 4.44. The van der Waals surface area contributed by atoms with Gasteiger partial charge in [-0.1, -0.05) is 11.6 Å². The van der Waals surface area contributed by atoms with E-state index < -0.39 is 0 Å². The molecule has 2 heterocycles. The molecule has 0 fully saturated rings. The Bertz CT molecular complexity index is 670. The van der Waals surface area contributed by atoms with Crippen molar-refractivity contribution in [1.82, 2.24) is 0 Å². The molecule has 0 saturated carbocycles. The van der Waals surface area contributed by atoms with Crippen molar-refractivity contribution in [3.05, 3.63) is 52.9 Å². The molecule has 116 valence electrons. The molecule has 3 nitrogen and oxygen atoms in total. The van der Waals surface area contributed by atoms with Gasteiger partial charge in [-0.15, -0.1) is 23.2 Å². The molecule has 0 N–H and O–H groups in total. The second-order valence-corrected chi connectivity index (χ2v) is 6.49. The monoisotopic (exact) mass is 356 g/mol. The lowest BCUT2D eigenvalue weighted by Gasteiger charge is -2.30. The molecule has 0 spiro atoms. The molecule has 2 aromatic rings. The highest BCUT2D eigenvalue weighted by atomic mass is 35.5. The summed E-state index contributed by atoms with van der Waals surface area (Å²) in [4.78, 5) is 6.83. The number of benzene rings is 1. The lowest BCUT2D eigenvalue weighted by atomic mass is 10.0. The second kappa shape index (κ2) is 6.95. The Hall–Kier alpha value is -1.16. The quantitative estimate of drug-likeness (QED) is 0.760. The normalized spacial score (nSPS) is 18.4. The topological polar surface area (TPSA) is 28.7 Å². The lowest BCUT2D eigenvalue weighted by molar-refractivity contribution is 0.557. The minimum Gasteiger partial charge on any atom is -0.463 e. The van der Waals surface area contributed by atoms with Crippen molar-refractivity contribution >= 4 is 46.2 Å². The Balaban J connectivity index is 2.15. The van der Waals surface area contributed by atoms with E-state index in [1.54, 1.807) is 6.26 Å². The molecular formula is C16H15Cl3N2O. The summed E-state index contributed by atoms with van der Waals surface area (Å²) < 4.78 is 5.53. The summed E-state index contributed by atoms with van der Waals surface area (Å²) >= 11 is 18.5. The summed E-state index contributed by atoms with van der Waals surface area (Å²) in [5.41, 5.74) is 2.73. The molecule has 22 heavy (non-hydrogen) atoms. The Labute approximate surface area is 144 Å². The van der Waals surface area contributed by atoms with Gasteiger partial charge in [0.05, 0.1) is 18.2 Å². The van der Waals surface area contributed by atoms with E-state index in [0.717, 1.165) is 17.0 Å². The highest BCUT2D eigenvalue weighted by Gasteiger charge is 2.23. The zero-order valence-corrected chi connectivity index (χ0v) is 14.1. The number of nitrogens with zero attached hydrogens (tertiary/aromatic N) is 2. The van der Waals surface area contributed by atoms with Crippen LogP contribution in [0.15, 0.2) is 46.0 Å². The average Bonchev–Trinajstić information content (AvgIpc) is 3.00. The van der Waals surface area contributed by atoms with Crippen molar-refractivity contribution in [2.45, 2.75) is 5.38 Å². The van der Waals surface area contributed by atoms with Gasteiger partial charge in [0.15, 0.2) is 5.76 Å². The van der Waals surface area contributed by atoms with Gasteiger partial charge < -0.3 is 9.32 Å². The maximum absolute atomic E-state index is 6.40. The fraction of sp³-hybridized carbons (Fsp3) is 0.312. The number of aliphatic imine (C=N–C) groups is 1. The number of alkyl halides is 2. The van der Waals surface area contributed by atoms with E-state index in [1.807, 2.05) is 30.3 Å². The molecule has 0 aliphatic carbocycles. The van der Waals surface area contributed by atoms with Crippen LogP contribution in [0.25, 0.3) is 0 Å². The number of fused-ring (bicyclic) bond motifs is 1. The van der Waals surface area contributed by atoms with Gasteiger partial charge in [-0.2, -0.15) is 0 Å². The molecule has 1 aromatic carbocycles. The molecule has 0 radical (unpaired) electrons. The average molecular weight is 358 g/mol. The highest BCUT2D eigenvalue weighted by Crippen LogP contribution is 2.29. The molecule has 0 saturated heterocycles. The number of furan rings is 1. The van der Waals surface area contributed by atoms with Gasteiger partial charge in [-0.05, 0) is 30.3 Å². The van der Waals surface area contributed by atoms with Gasteiger partial charge >= 0.3 is 0 Å². The zero-order valence-electron chi connectivity index (χ0n) is 11.8. The van der Waals surface area contributed by atoms with E-state index in [0.29, 0.717) is 36.3 Å². The highest BCUT2D eigenvalue weighted by molar-refractivity contribution is 6.31. The van der Waals surface area contributed by atoms with E-state index >= 15 is 0 Å². The number of rotatable bonds is 3. The zero-order chi connectivity index (χ0) is 15.5. The first-order valence-corrected chi connectivity index (χ1v) is 8.37. The third kappa shape index (κ3) is 3.27. The van der Waals surface area contributed by atoms with Gasteiger partial charge in [0.1, 0.15) is 5.71 Å². The fourth-order valence-corrected chi connectivity index (χ4v) is 3.19. The van der Waals surface area contributed by atoms with Crippen LogP contribution in [0, 0.1) is 0 Å². The van der Waals surface area contributed by atoms with Crippen LogP contribution in [0.1, 0.15) is 11.3 Å². The summed E-state index contributed by atoms with van der Waals surface area (Å²) in [6.07, 6.45) is 1.63. The molecule has 1 atom stereocenters. The minimum atomic E-state index is -0.0861. The van der Waals surface area contributed by atoms with Crippen LogP contribution in [0.3, 0.4) is 0 Å². The van der Waals surface area contributed by atoms with Crippen LogP contribution < -0.4 is 4.90 Å². The van der Waals surface area contributed by atoms with Gasteiger partial charge in [0.2, 0.25) is 0 Å². The van der Waals surface area contributed by atoms with Crippen molar-refractivity contribution in [2.24, 2.45) is 4.99 Å². The minimum absolute atomic E-state index is 0.0861. The number of anilines is 1. The second-order valence-electron chi connectivity index (χ2n) is 5.06. The van der Waals surface area contributed by atoms with E-state index in [4.69, 9.17) is 39.2 Å². The van der Waals surface area contributed by atoms with Crippen molar-refractivity contribution < 1.29 is 4.42 Å². The summed E-state index contributed by atoms with van der Waals surface area (Å²) in [5, 5.41) is 0.573. The van der Waals surface area contributed by atoms with Crippen molar-refractivity contribution in [2.75, 3.05) is 30.4 Å². The summed E-state index contributed by atoms with van der Waals surface area (Å²) in [5.74, 6) is 1.24. The Morgan fingerprint density at radius 2 is 2.18 bits per heavy atom. The molecule has 6 heteroatoms. The first kappa shape index (κ1) is 15.7. The summed E-state index contributed by atoms with van der Waals surface area (Å²) in [6.45, 7) is 1.92. The van der Waals surface area contributed by atoms with E-state index in [2.05, 4.69) is 9.89 Å². The standard InChI is InChI=1S/C16H15Cl3N2O/c17-5-6-21-10-12(19)9-20-16(15-2-1-7-22-15)13-8-11(18)3-4-14(13)21/h1-4,7-8,12H,5-6,9-10H2. The van der Waals surface area contributed by atoms with E-state index in [-0.39, 0.29) is 5.38 Å². The number of halogens is 3. The molecule has 1 aromatic heterocycles. The molecule has 1 aliphatic heterocycles. The van der Waals surface area contributed by atoms with Crippen LogP contribution in [0.4, 0.5) is 5.69 Å². The number of hydrogen-bond donors (Lipinski definition) is 0. The predicted molar refractivity (Wildman–Crippen MR) is 93.2 cm³/mol. The van der Waals surface area contributed by atoms with Gasteiger partial charge in [0.25, 0.3) is 0 Å². The molecule has 1 unspecified atom stereocenters. The van der Waals surface area contributed by atoms with Gasteiger partial charge in [-0.3, -0.25) is 4.99 Å². The van der Waals surface area contributed by atoms with Gasteiger partial charge in [0, 0.05) is 35.2 Å². The van der Waals surface area contributed by atoms with Crippen LogP contribution in [-0.2, 0) is 0 Å². The van der Waals surface area contributed by atoms with Crippen LogP contribution >= 0.6 is 34.8 Å². The largest absolute Gasteiger partial charge is 0.463 e. The maximum Gasteiger partial charge on any atom is 0.152 e. The Morgan fingerprint density at radius 1 is 1.32 bits per heavy atom. The molecule has 3 rings (SSSR count). The molecular weight excluding hydrogens is 343 g/mol. The van der Waals surface area contributed by atoms with E-state index in [9.17, 15) is 0 Å². The maximum atomic E-state index is 6.40. The van der Waals surface area contributed by atoms with Crippen molar-refractivity contribution in [3.63, 3.8) is 0 Å². The smallest absolute Gasteiger partial charge is 0.152 e. The third-order valence-electron chi connectivity index (χ3n) is 3.53. The fourth-order valence-electron chi connectivity index (χ4n) is 2.58. The Morgan fingerprint density at radius 3 is 2.91 bits per heavy atom. The van der Waals surface area contributed by atoms with Crippen molar-refractivity contribution in [1.29, 1.82) is 0 Å². The summed E-state index contributed by atoms with van der Waals surface area (Å²) in [7, 11) is 0. The van der Waals surface area contributed by atoms with Gasteiger partial charge in [-0.25, -0.2) is 0 Å². The van der Waals surface area contributed by atoms with Crippen molar-refractivity contribution in [3.8, 4) is 0 Å². The lowest BCUT2D eigenvalue weighted by Crippen LogP contribution is -2.35. The first-order chi connectivity index (χ1) is 10.7. The molecule has 0 amide bonds. The SMILES string of the molecule is ClCCN1CC(Cl)CN=C(c2ccco2)c2cc(Cl)ccc21. The number of hydrogen-bond acceptors (Lipinski definition) is 3. The molecule has 0 bridgehead atoms. The van der Waals surface area contributed by atoms with Crippen LogP contribution in [-0.4, -0.2) is 36.6 Å². The van der Waals surface area contributed by atoms with Crippen LogP contribution in [0.5, 0.6) is 0 Å². The molecule has 1 aliphatic rings. The van der Waals surface area contributed by atoms with Crippen LogP contribution in [0.2, 0.25) is 5.02 Å². The third-order valence-corrected chi connectivity index (χ3v) is 4.21.